The fraction of sp³-hybridized carbons (Fsp3) is 0.938. The van der Waals surface area contributed by atoms with Crippen molar-refractivity contribution in [3.63, 3.8) is 0 Å². The van der Waals surface area contributed by atoms with E-state index in [1.54, 1.807) is 0 Å². The van der Waals surface area contributed by atoms with Gasteiger partial charge in [-0.2, -0.15) is 23.5 Å². The number of hydrogen-bond donors (Lipinski definition) is 1. The van der Waals surface area contributed by atoms with Crippen LogP contribution < -0.4 is 5.32 Å². The number of rotatable bonds is 5. The fourth-order valence-electron chi connectivity index (χ4n) is 3.43. The molecule has 3 nitrogen and oxygen atoms in total. The van der Waals surface area contributed by atoms with Gasteiger partial charge in [-0.15, -0.1) is 24.0 Å². The molecule has 0 unspecified atom stereocenters. The van der Waals surface area contributed by atoms with Gasteiger partial charge in [0.05, 0.1) is 0 Å². The number of guanidine groups is 1. The van der Waals surface area contributed by atoms with Crippen molar-refractivity contribution < 1.29 is 0 Å². The van der Waals surface area contributed by atoms with E-state index in [0.29, 0.717) is 4.75 Å². The van der Waals surface area contributed by atoms with Crippen molar-refractivity contribution >= 4 is 53.5 Å². The number of unbranched alkanes of at least 4 members (excludes halogenated alkanes) is 1. The van der Waals surface area contributed by atoms with Crippen LogP contribution in [0.1, 0.15) is 44.9 Å². The molecule has 1 spiro atoms. The van der Waals surface area contributed by atoms with Crippen LogP contribution >= 0.6 is 47.5 Å². The molecule has 0 aromatic carbocycles. The Hall–Kier alpha value is 0.700. The Morgan fingerprint density at radius 1 is 1.27 bits per heavy atom. The number of hydrogen-bond acceptors (Lipinski definition) is 3. The summed E-state index contributed by atoms with van der Waals surface area (Å²) in [6.45, 7) is 3.41. The minimum Gasteiger partial charge on any atom is -0.356 e. The summed E-state index contributed by atoms with van der Waals surface area (Å²) in [6, 6.07) is 0. The van der Waals surface area contributed by atoms with E-state index in [2.05, 4.69) is 33.2 Å². The SMILES string of the molecule is CN=C(NCCCCSC)N1CCSC2(CCCCC2)C1.I. The predicted octanol–water partition coefficient (Wildman–Crippen LogP) is 4.07. The van der Waals surface area contributed by atoms with Crippen LogP contribution in [0.5, 0.6) is 0 Å². The number of halogens is 1. The van der Waals surface area contributed by atoms with Gasteiger partial charge in [0, 0.05) is 37.2 Å². The molecule has 1 saturated heterocycles. The lowest BCUT2D eigenvalue weighted by atomic mass is 9.87. The Kier molecular flexibility index (Phi) is 10.6. The molecule has 130 valence electrons. The fourth-order valence-corrected chi connectivity index (χ4v) is 5.49. The molecular weight excluding hydrogens is 425 g/mol. The van der Waals surface area contributed by atoms with Crippen LogP contribution in [0.4, 0.5) is 0 Å². The second-order valence-corrected chi connectivity index (χ2v) is 8.74. The first-order chi connectivity index (χ1) is 10.3. The first-order valence-electron chi connectivity index (χ1n) is 8.38. The maximum Gasteiger partial charge on any atom is 0.193 e. The van der Waals surface area contributed by atoms with E-state index in [1.165, 1.54) is 63.0 Å². The molecule has 1 saturated carbocycles. The van der Waals surface area contributed by atoms with Gasteiger partial charge in [-0.1, -0.05) is 19.3 Å². The first-order valence-corrected chi connectivity index (χ1v) is 10.8. The van der Waals surface area contributed by atoms with Gasteiger partial charge in [-0.3, -0.25) is 4.99 Å². The lowest BCUT2D eigenvalue weighted by Gasteiger charge is -2.45. The Labute approximate surface area is 162 Å². The molecule has 0 aromatic rings. The summed E-state index contributed by atoms with van der Waals surface area (Å²) in [4.78, 5) is 7.03. The van der Waals surface area contributed by atoms with Crippen LogP contribution in [0.15, 0.2) is 4.99 Å². The largest absolute Gasteiger partial charge is 0.356 e. The average molecular weight is 457 g/mol. The van der Waals surface area contributed by atoms with Crippen molar-refractivity contribution in [2.24, 2.45) is 4.99 Å². The average Bonchev–Trinajstić information content (AvgIpc) is 2.52. The zero-order chi connectivity index (χ0) is 15.0. The molecule has 22 heavy (non-hydrogen) atoms. The van der Waals surface area contributed by atoms with Crippen LogP contribution in [0.2, 0.25) is 0 Å². The van der Waals surface area contributed by atoms with E-state index in [1.807, 2.05) is 18.8 Å². The number of thioether (sulfide) groups is 2. The molecule has 1 heterocycles. The Bertz CT molecular complexity index is 328. The monoisotopic (exact) mass is 457 g/mol. The molecule has 0 amide bonds. The summed E-state index contributed by atoms with van der Waals surface area (Å²) in [5.74, 6) is 3.65. The second kappa shape index (κ2) is 11.3. The molecule has 2 fully saturated rings. The molecule has 0 bridgehead atoms. The first kappa shape index (κ1) is 20.7. The van der Waals surface area contributed by atoms with Gasteiger partial charge in [-0.25, -0.2) is 0 Å². The summed E-state index contributed by atoms with van der Waals surface area (Å²) >= 11 is 4.16. The lowest BCUT2D eigenvalue weighted by Crippen LogP contribution is -2.53. The molecule has 2 rings (SSSR count). The van der Waals surface area contributed by atoms with E-state index in [4.69, 9.17) is 0 Å². The van der Waals surface area contributed by atoms with Crippen LogP contribution in [0.25, 0.3) is 0 Å². The van der Waals surface area contributed by atoms with Gasteiger partial charge in [-0.05, 0) is 37.7 Å². The van der Waals surface area contributed by atoms with E-state index >= 15 is 0 Å². The summed E-state index contributed by atoms with van der Waals surface area (Å²) in [7, 11) is 1.93. The zero-order valence-corrected chi connectivity index (χ0v) is 18.1. The molecule has 1 aliphatic carbocycles. The van der Waals surface area contributed by atoms with Crippen LogP contribution in [0, 0.1) is 0 Å². The molecule has 0 aromatic heterocycles. The molecule has 0 radical (unpaired) electrons. The highest BCUT2D eigenvalue weighted by Gasteiger charge is 2.38. The van der Waals surface area contributed by atoms with E-state index < -0.39 is 0 Å². The van der Waals surface area contributed by atoms with Crippen LogP contribution in [0.3, 0.4) is 0 Å². The highest BCUT2D eigenvalue weighted by Crippen LogP contribution is 2.42. The Morgan fingerprint density at radius 2 is 2.05 bits per heavy atom. The van der Waals surface area contributed by atoms with Gasteiger partial charge in [0.25, 0.3) is 0 Å². The van der Waals surface area contributed by atoms with E-state index in [-0.39, 0.29) is 24.0 Å². The Balaban J connectivity index is 0.00000242. The highest BCUT2D eigenvalue weighted by molar-refractivity contribution is 14.0. The molecule has 1 aliphatic heterocycles. The normalized spacial score (nSPS) is 21.5. The molecule has 1 N–H and O–H groups in total. The van der Waals surface area contributed by atoms with Crippen LogP contribution in [-0.4, -0.2) is 60.0 Å². The minimum atomic E-state index is 0. The summed E-state index contributed by atoms with van der Waals surface area (Å²) in [5, 5.41) is 3.58. The van der Waals surface area contributed by atoms with Crippen molar-refractivity contribution in [1.82, 2.24) is 10.2 Å². The van der Waals surface area contributed by atoms with E-state index in [0.717, 1.165) is 19.0 Å². The van der Waals surface area contributed by atoms with E-state index in [9.17, 15) is 0 Å². The van der Waals surface area contributed by atoms with Gasteiger partial charge in [0.1, 0.15) is 0 Å². The third-order valence-electron chi connectivity index (χ3n) is 4.58. The minimum absolute atomic E-state index is 0. The number of nitrogens with zero attached hydrogens (tertiary/aromatic N) is 2. The van der Waals surface area contributed by atoms with Crippen molar-refractivity contribution in [3.05, 3.63) is 0 Å². The second-order valence-electron chi connectivity index (χ2n) is 6.19. The molecule has 2 aliphatic rings. The maximum absolute atomic E-state index is 4.52. The van der Waals surface area contributed by atoms with Crippen molar-refractivity contribution in [1.29, 1.82) is 0 Å². The molecular formula is C16H32IN3S2. The van der Waals surface area contributed by atoms with Gasteiger partial charge < -0.3 is 10.2 Å². The third kappa shape index (κ3) is 6.30. The summed E-state index contributed by atoms with van der Waals surface area (Å²) < 4.78 is 0.521. The number of nitrogens with one attached hydrogen (secondary N) is 1. The quantitative estimate of drug-likeness (QED) is 0.292. The summed E-state index contributed by atoms with van der Waals surface area (Å²) in [6.07, 6.45) is 11.8. The van der Waals surface area contributed by atoms with Crippen molar-refractivity contribution in [2.75, 3.05) is 44.4 Å². The highest BCUT2D eigenvalue weighted by atomic mass is 127. The van der Waals surface area contributed by atoms with Gasteiger partial charge >= 0.3 is 0 Å². The van der Waals surface area contributed by atoms with Gasteiger partial charge in [0.15, 0.2) is 5.96 Å². The molecule has 6 heteroatoms. The Morgan fingerprint density at radius 3 is 2.73 bits per heavy atom. The smallest absolute Gasteiger partial charge is 0.193 e. The molecule has 0 atom stereocenters. The zero-order valence-electron chi connectivity index (χ0n) is 14.1. The van der Waals surface area contributed by atoms with Crippen molar-refractivity contribution in [2.45, 2.75) is 49.7 Å². The standard InChI is InChI=1S/C16H31N3S2.HI/c1-17-15(18-10-6-7-12-20-2)19-11-13-21-16(14-19)8-4-3-5-9-16;/h3-14H2,1-2H3,(H,17,18);1H. The number of aliphatic imine (C=N–C) groups is 1. The topological polar surface area (TPSA) is 27.6 Å². The maximum atomic E-state index is 4.52. The third-order valence-corrected chi connectivity index (χ3v) is 6.82. The summed E-state index contributed by atoms with van der Waals surface area (Å²) in [5.41, 5.74) is 0. The lowest BCUT2D eigenvalue weighted by molar-refractivity contribution is 0.293. The van der Waals surface area contributed by atoms with Crippen molar-refractivity contribution in [3.8, 4) is 0 Å². The van der Waals surface area contributed by atoms with Gasteiger partial charge in [0.2, 0.25) is 0 Å². The van der Waals surface area contributed by atoms with Crippen LogP contribution in [-0.2, 0) is 0 Å². The predicted molar refractivity (Wildman–Crippen MR) is 114 cm³/mol.